The van der Waals surface area contributed by atoms with Crippen LogP contribution in [0.5, 0.6) is 5.75 Å². The number of halogens is 1. The average Bonchev–Trinajstić information content (AvgIpc) is 3.15. The Morgan fingerprint density at radius 3 is 2.81 bits per heavy atom. The molecule has 0 bridgehead atoms. The Kier molecular flexibility index (Phi) is 6.76. The molecule has 1 aliphatic carbocycles. The monoisotopic (exact) mass is 376 g/mol. The molecule has 2 aromatic rings. The molecule has 4 nitrogen and oxygen atoms in total. The van der Waals surface area contributed by atoms with Crippen LogP contribution in [0.1, 0.15) is 24.8 Å². The smallest absolute Gasteiger partial charge is 0.119 e. The summed E-state index contributed by atoms with van der Waals surface area (Å²) >= 11 is 0. The molecule has 2 aromatic carbocycles. The van der Waals surface area contributed by atoms with Gasteiger partial charge in [0.05, 0.1) is 20.3 Å². The summed E-state index contributed by atoms with van der Waals surface area (Å²) in [7, 11) is 1.71. The van der Waals surface area contributed by atoms with Gasteiger partial charge in [-0.05, 0) is 53.3 Å². The van der Waals surface area contributed by atoms with Crippen LogP contribution in [0.25, 0.3) is 10.8 Å². The molecule has 1 heterocycles. The summed E-state index contributed by atoms with van der Waals surface area (Å²) in [6, 6.07) is 14.1. The molecule has 0 aromatic heterocycles. The number of benzene rings is 2. The fourth-order valence-corrected chi connectivity index (χ4v) is 4.34. The van der Waals surface area contributed by atoms with Crippen LogP contribution in [0.3, 0.4) is 0 Å². The lowest BCUT2D eigenvalue weighted by Crippen LogP contribution is -2.50. The van der Waals surface area contributed by atoms with Crippen LogP contribution in [-0.4, -0.2) is 39.0 Å². The molecule has 1 saturated carbocycles. The highest BCUT2D eigenvalue weighted by atomic mass is 35.5. The van der Waals surface area contributed by atoms with Gasteiger partial charge >= 0.3 is 0 Å². The van der Waals surface area contributed by atoms with Crippen LogP contribution in [0.2, 0.25) is 0 Å². The highest BCUT2D eigenvalue weighted by Gasteiger charge is 2.34. The van der Waals surface area contributed by atoms with Crippen molar-refractivity contribution in [3.63, 3.8) is 0 Å². The van der Waals surface area contributed by atoms with Crippen LogP contribution in [0.15, 0.2) is 36.4 Å². The molecule has 142 valence electrons. The van der Waals surface area contributed by atoms with E-state index in [1.807, 2.05) is 6.07 Å². The summed E-state index contributed by atoms with van der Waals surface area (Å²) in [6.45, 7) is 3.63. The van der Waals surface area contributed by atoms with Crippen molar-refractivity contribution in [2.75, 3.05) is 26.9 Å². The van der Waals surface area contributed by atoms with Crippen LogP contribution < -0.4 is 15.4 Å². The predicted molar refractivity (Wildman–Crippen MR) is 108 cm³/mol. The number of hydrogen-bond acceptors (Lipinski definition) is 4. The number of morpholine rings is 1. The molecular formula is C21H29ClN2O2. The molecule has 4 rings (SSSR count). The quantitative estimate of drug-likeness (QED) is 0.837. The Morgan fingerprint density at radius 2 is 2.00 bits per heavy atom. The van der Waals surface area contributed by atoms with Crippen molar-refractivity contribution >= 4 is 23.2 Å². The molecule has 0 amide bonds. The van der Waals surface area contributed by atoms with Gasteiger partial charge in [0.15, 0.2) is 0 Å². The minimum atomic E-state index is 0. The van der Waals surface area contributed by atoms with Gasteiger partial charge in [0.2, 0.25) is 0 Å². The van der Waals surface area contributed by atoms with E-state index in [-0.39, 0.29) is 12.4 Å². The molecule has 3 unspecified atom stereocenters. The number of hydrogen-bond donors (Lipinski definition) is 2. The number of rotatable bonds is 5. The van der Waals surface area contributed by atoms with Gasteiger partial charge in [0.1, 0.15) is 5.75 Å². The number of methoxy groups -OCH3 is 1. The second kappa shape index (κ2) is 9.05. The van der Waals surface area contributed by atoms with E-state index >= 15 is 0 Å². The van der Waals surface area contributed by atoms with Gasteiger partial charge in [0.25, 0.3) is 0 Å². The Labute approximate surface area is 162 Å². The zero-order valence-electron chi connectivity index (χ0n) is 15.4. The predicted octanol–water partition coefficient (Wildman–Crippen LogP) is 3.52. The third-order valence-corrected chi connectivity index (χ3v) is 5.72. The number of fused-ring (bicyclic) bond motifs is 1. The van der Waals surface area contributed by atoms with Gasteiger partial charge in [-0.25, -0.2) is 0 Å². The first-order valence-electron chi connectivity index (χ1n) is 9.45. The summed E-state index contributed by atoms with van der Waals surface area (Å²) in [5, 5.41) is 9.96. The van der Waals surface area contributed by atoms with Gasteiger partial charge in [-0.2, -0.15) is 0 Å². The van der Waals surface area contributed by atoms with Crippen molar-refractivity contribution in [1.29, 1.82) is 0 Å². The second-order valence-electron chi connectivity index (χ2n) is 7.27. The minimum Gasteiger partial charge on any atom is -0.497 e. The van der Waals surface area contributed by atoms with Crippen molar-refractivity contribution in [2.24, 2.45) is 5.92 Å². The summed E-state index contributed by atoms with van der Waals surface area (Å²) in [5.41, 5.74) is 1.34. The minimum absolute atomic E-state index is 0. The van der Waals surface area contributed by atoms with E-state index in [1.165, 1.54) is 35.6 Å². The first kappa shape index (κ1) is 19.4. The molecule has 1 aliphatic heterocycles. The Morgan fingerprint density at radius 1 is 1.15 bits per heavy atom. The number of ether oxygens (including phenoxy) is 2. The van der Waals surface area contributed by atoms with E-state index in [9.17, 15) is 0 Å². The highest BCUT2D eigenvalue weighted by molar-refractivity contribution is 5.85. The zero-order valence-corrected chi connectivity index (χ0v) is 16.2. The van der Waals surface area contributed by atoms with Gasteiger partial charge in [-0.15, -0.1) is 12.4 Å². The molecule has 0 radical (unpaired) electrons. The van der Waals surface area contributed by atoms with Crippen LogP contribution >= 0.6 is 12.4 Å². The Hall–Kier alpha value is -1.33. The van der Waals surface area contributed by atoms with Gasteiger partial charge in [0, 0.05) is 25.2 Å². The lowest BCUT2D eigenvalue weighted by atomic mass is 9.93. The fourth-order valence-electron chi connectivity index (χ4n) is 4.34. The van der Waals surface area contributed by atoms with Crippen molar-refractivity contribution in [3.8, 4) is 5.75 Å². The molecule has 0 spiro atoms. The van der Waals surface area contributed by atoms with E-state index in [2.05, 4.69) is 41.0 Å². The largest absolute Gasteiger partial charge is 0.497 e. The molecule has 2 fully saturated rings. The summed E-state index contributed by atoms with van der Waals surface area (Å²) in [4.78, 5) is 0. The molecule has 1 saturated heterocycles. The third-order valence-electron chi connectivity index (χ3n) is 5.72. The van der Waals surface area contributed by atoms with Crippen molar-refractivity contribution in [2.45, 2.75) is 37.9 Å². The zero-order chi connectivity index (χ0) is 17.1. The lowest BCUT2D eigenvalue weighted by molar-refractivity contribution is 0.0524. The van der Waals surface area contributed by atoms with E-state index in [0.717, 1.165) is 32.1 Å². The first-order valence-corrected chi connectivity index (χ1v) is 9.45. The molecule has 3 atom stereocenters. The number of nitrogens with one attached hydrogen (secondary N) is 2. The van der Waals surface area contributed by atoms with Crippen molar-refractivity contribution in [1.82, 2.24) is 10.6 Å². The fraction of sp³-hybridized carbons (Fsp3) is 0.524. The maximum atomic E-state index is 5.67. The Balaban J connectivity index is 0.00000196. The average molecular weight is 377 g/mol. The Bertz CT molecular complexity index is 718. The van der Waals surface area contributed by atoms with E-state index in [1.54, 1.807) is 7.11 Å². The molecule has 2 aliphatic rings. The second-order valence-corrected chi connectivity index (χ2v) is 7.27. The summed E-state index contributed by atoms with van der Waals surface area (Å²) < 4.78 is 11.0. The molecule has 2 N–H and O–H groups in total. The topological polar surface area (TPSA) is 42.5 Å². The first-order chi connectivity index (χ1) is 12.3. The normalized spacial score (nSPS) is 25.8. The lowest BCUT2D eigenvalue weighted by Gasteiger charge is -2.33. The van der Waals surface area contributed by atoms with Crippen LogP contribution in [-0.2, 0) is 11.3 Å². The van der Waals surface area contributed by atoms with E-state index < -0.39 is 0 Å². The van der Waals surface area contributed by atoms with Crippen LogP contribution in [0.4, 0.5) is 0 Å². The molecule has 26 heavy (non-hydrogen) atoms. The maximum absolute atomic E-state index is 5.67. The van der Waals surface area contributed by atoms with Gasteiger partial charge in [-0.3, -0.25) is 0 Å². The van der Waals surface area contributed by atoms with Gasteiger partial charge in [-0.1, -0.05) is 24.6 Å². The van der Waals surface area contributed by atoms with E-state index in [4.69, 9.17) is 9.47 Å². The molecule has 5 heteroatoms. The SMILES string of the molecule is COc1ccc2cc(CNC3CCCC3C3COCCN3)ccc2c1.Cl. The molecular weight excluding hydrogens is 348 g/mol. The van der Waals surface area contributed by atoms with Crippen molar-refractivity contribution in [3.05, 3.63) is 42.0 Å². The van der Waals surface area contributed by atoms with Crippen LogP contribution in [0, 0.1) is 5.92 Å². The summed E-state index contributed by atoms with van der Waals surface area (Å²) in [5.74, 6) is 1.60. The van der Waals surface area contributed by atoms with Crippen molar-refractivity contribution < 1.29 is 9.47 Å². The third kappa shape index (κ3) is 4.32. The van der Waals surface area contributed by atoms with E-state index in [0.29, 0.717) is 18.0 Å². The van der Waals surface area contributed by atoms with Gasteiger partial charge < -0.3 is 20.1 Å². The maximum Gasteiger partial charge on any atom is 0.119 e. The summed E-state index contributed by atoms with van der Waals surface area (Å²) in [6.07, 6.45) is 3.89. The highest BCUT2D eigenvalue weighted by Crippen LogP contribution is 2.30. The standard InChI is InChI=1S/C21H28N2O2.ClH/c1-24-18-8-7-16-11-15(5-6-17(16)12-18)13-23-20-4-2-3-19(20)21-14-25-10-9-22-21;/h5-8,11-12,19-23H,2-4,9-10,13-14H2,1H3;1H.